The molecule has 0 saturated carbocycles. The van der Waals surface area contributed by atoms with Gasteiger partial charge in [-0.1, -0.05) is 30.3 Å². The fraction of sp³-hybridized carbons (Fsp3) is 0.522. The number of hydrogen-bond acceptors (Lipinski definition) is 5. The first-order valence-electron chi connectivity index (χ1n) is 10.3. The molecule has 0 spiro atoms. The van der Waals surface area contributed by atoms with Crippen molar-refractivity contribution in [3.63, 3.8) is 0 Å². The Labute approximate surface area is 171 Å². The minimum atomic E-state index is -0.783. The maximum absolute atomic E-state index is 13.0. The minimum absolute atomic E-state index is 0.181. The molecular formula is C23H29N3O3. The molecule has 1 aromatic carbocycles. The van der Waals surface area contributed by atoms with Gasteiger partial charge in [0.15, 0.2) is 0 Å². The van der Waals surface area contributed by atoms with Crippen LogP contribution in [0.4, 0.5) is 0 Å². The van der Waals surface area contributed by atoms with Crippen LogP contribution in [0.25, 0.3) is 0 Å². The van der Waals surface area contributed by atoms with Gasteiger partial charge in [0.25, 0.3) is 5.91 Å². The third kappa shape index (κ3) is 3.79. The van der Waals surface area contributed by atoms with E-state index < -0.39 is 11.7 Å². The van der Waals surface area contributed by atoms with Gasteiger partial charge in [0.05, 0.1) is 22.8 Å². The Balaban J connectivity index is 1.62. The molecule has 6 nitrogen and oxygen atoms in total. The highest BCUT2D eigenvalue weighted by Crippen LogP contribution is 2.50. The zero-order valence-corrected chi connectivity index (χ0v) is 17.3. The smallest absolute Gasteiger partial charge is 0.257 e. The second kappa shape index (κ2) is 7.50. The van der Waals surface area contributed by atoms with Crippen LogP contribution in [0.1, 0.15) is 61.4 Å². The minimum Gasteiger partial charge on any atom is -0.388 e. The lowest BCUT2D eigenvalue weighted by Crippen LogP contribution is -2.57. The molecule has 2 aliphatic heterocycles. The van der Waals surface area contributed by atoms with E-state index in [1.165, 1.54) is 24.3 Å². The van der Waals surface area contributed by atoms with E-state index in [-0.39, 0.29) is 17.6 Å². The van der Waals surface area contributed by atoms with Crippen molar-refractivity contribution < 1.29 is 14.6 Å². The van der Waals surface area contributed by atoms with E-state index in [0.29, 0.717) is 17.9 Å². The first-order valence-corrected chi connectivity index (χ1v) is 10.3. The summed E-state index contributed by atoms with van der Waals surface area (Å²) in [4.78, 5) is 22.5. The van der Waals surface area contributed by atoms with Crippen LogP contribution in [0, 0.1) is 0 Å². The molecule has 2 aliphatic rings. The van der Waals surface area contributed by atoms with Crippen molar-refractivity contribution in [3.05, 3.63) is 60.2 Å². The predicted molar refractivity (Wildman–Crippen MR) is 109 cm³/mol. The number of ether oxygens (including phenoxy) is 1. The Morgan fingerprint density at radius 3 is 2.55 bits per heavy atom. The van der Waals surface area contributed by atoms with E-state index in [0.717, 1.165) is 19.3 Å². The Hall–Kier alpha value is -2.31. The Bertz CT molecular complexity index is 862. The Kier molecular flexibility index (Phi) is 5.17. The summed E-state index contributed by atoms with van der Waals surface area (Å²) in [6.45, 7) is 4.13. The largest absolute Gasteiger partial charge is 0.388 e. The summed E-state index contributed by atoms with van der Waals surface area (Å²) >= 11 is 0. The topological polar surface area (TPSA) is 75.6 Å². The van der Waals surface area contributed by atoms with E-state index in [2.05, 4.69) is 41.2 Å². The van der Waals surface area contributed by atoms with E-state index >= 15 is 0 Å². The van der Waals surface area contributed by atoms with Gasteiger partial charge >= 0.3 is 0 Å². The van der Waals surface area contributed by atoms with Crippen LogP contribution in [0.15, 0.2) is 49.1 Å². The van der Waals surface area contributed by atoms with Crippen molar-refractivity contribution >= 4 is 5.91 Å². The molecule has 0 radical (unpaired) electrons. The molecule has 29 heavy (non-hydrogen) atoms. The molecule has 2 bridgehead atoms. The number of nitrogens with zero attached hydrogens (tertiary/aromatic N) is 3. The van der Waals surface area contributed by atoms with Crippen molar-refractivity contribution in [1.29, 1.82) is 0 Å². The number of benzene rings is 1. The van der Waals surface area contributed by atoms with Crippen molar-refractivity contribution in [2.75, 3.05) is 7.05 Å². The monoisotopic (exact) mass is 395 g/mol. The number of rotatable bonds is 3. The van der Waals surface area contributed by atoms with Crippen LogP contribution in [0.2, 0.25) is 0 Å². The number of amides is 1. The van der Waals surface area contributed by atoms with Crippen molar-refractivity contribution in [3.8, 4) is 0 Å². The fourth-order valence-corrected chi connectivity index (χ4v) is 5.21. The van der Waals surface area contributed by atoms with E-state index in [1.54, 1.807) is 11.9 Å². The molecule has 0 unspecified atom stereocenters. The summed E-state index contributed by atoms with van der Waals surface area (Å²) in [6, 6.07) is 10.1. The first kappa shape index (κ1) is 20.0. The van der Waals surface area contributed by atoms with Crippen LogP contribution >= 0.6 is 0 Å². The number of aliphatic hydroxyl groups excluding tert-OH is 1. The molecule has 154 valence electrons. The molecule has 2 aromatic rings. The molecule has 4 rings (SSSR count). The number of hydrogen-bond donors (Lipinski definition) is 1. The van der Waals surface area contributed by atoms with Gasteiger partial charge in [0.2, 0.25) is 0 Å². The molecule has 3 heterocycles. The number of carbonyl (C=O) groups is 1. The molecule has 6 heteroatoms. The molecule has 2 fully saturated rings. The highest BCUT2D eigenvalue weighted by atomic mass is 16.5. The second-order valence-corrected chi connectivity index (χ2v) is 8.97. The SMILES string of the molecule is CN(C(=O)c1cncnc1)[C@H]1CC[C@@]2(C)C[C@H](c3ccccc3)C[C@](C)(O2)[C@@H]1O. The van der Waals surface area contributed by atoms with Crippen LogP contribution in [0.3, 0.4) is 0 Å². The molecule has 1 N–H and O–H groups in total. The van der Waals surface area contributed by atoms with Gasteiger partial charge in [-0.25, -0.2) is 9.97 Å². The number of likely N-dealkylation sites (N-methyl/N-ethyl adjacent to an activating group) is 1. The van der Waals surface area contributed by atoms with Crippen LogP contribution in [-0.2, 0) is 4.74 Å². The molecule has 5 atom stereocenters. The van der Waals surface area contributed by atoms with Gasteiger partial charge in [-0.05, 0) is 51.0 Å². The number of fused-ring (bicyclic) bond motifs is 2. The van der Waals surface area contributed by atoms with E-state index in [9.17, 15) is 9.90 Å². The summed E-state index contributed by atoms with van der Waals surface area (Å²) in [5.74, 6) is 0.136. The maximum Gasteiger partial charge on any atom is 0.257 e. The van der Waals surface area contributed by atoms with Gasteiger partial charge in [0.1, 0.15) is 12.4 Å². The third-order valence-electron chi connectivity index (χ3n) is 6.66. The maximum atomic E-state index is 13.0. The lowest BCUT2D eigenvalue weighted by molar-refractivity contribution is -0.214. The van der Waals surface area contributed by atoms with Crippen LogP contribution in [0.5, 0.6) is 0 Å². The molecule has 0 aliphatic carbocycles. The normalized spacial score (nSPS) is 34.3. The highest BCUT2D eigenvalue weighted by molar-refractivity contribution is 5.93. The van der Waals surface area contributed by atoms with E-state index in [1.807, 2.05) is 13.0 Å². The third-order valence-corrected chi connectivity index (χ3v) is 6.66. The zero-order valence-electron chi connectivity index (χ0n) is 17.3. The number of carbonyl (C=O) groups excluding carboxylic acids is 1. The van der Waals surface area contributed by atoms with Crippen LogP contribution in [-0.4, -0.2) is 56.3 Å². The lowest BCUT2D eigenvalue weighted by Gasteiger charge is -2.49. The predicted octanol–water partition coefficient (Wildman–Crippen LogP) is 3.18. The molecule has 2 saturated heterocycles. The number of aromatic nitrogens is 2. The zero-order chi connectivity index (χ0) is 20.6. The molecule has 1 amide bonds. The average Bonchev–Trinajstić information content (AvgIpc) is 2.80. The standard InChI is InChI=1S/C23H29N3O3/c1-22-10-9-19(26(3)21(28)18-13-24-15-25-14-18)20(27)23(2,29-22)12-17(11-22)16-7-5-4-6-8-16/h4-8,13-15,17,19-20,27H,9-12H2,1-3H3/t17-,19-,20+,22-,23-/m0/s1. The van der Waals surface area contributed by atoms with Gasteiger partial charge in [-0.15, -0.1) is 0 Å². The van der Waals surface area contributed by atoms with E-state index in [4.69, 9.17) is 4.74 Å². The molecular weight excluding hydrogens is 366 g/mol. The Morgan fingerprint density at radius 2 is 1.86 bits per heavy atom. The van der Waals surface area contributed by atoms with Crippen molar-refractivity contribution in [1.82, 2.24) is 14.9 Å². The van der Waals surface area contributed by atoms with Gasteiger partial charge in [-0.2, -0.15) is 0 Å². The summed E-state index contributed by atoms with van der Waals surface area (Å²) < 4.78 is 6.54. The fourth-order valence-electron chi connectivity index (χ4n) is 5.21. The Morgan fingerprint density at radius 1 is 1.17 bits per heavy atom. The highest BCUT2D eigenvalue weighted by Gasteiger charge is 2.54. The summed E-state index contributed by atoms with van der Waals surface area (Å²) in [7, 11) is 1.75. The first-order chi connectivity index (χ1) is 13.8. The summed E-state index contributed by atoms with van der Waals surface area (Å²) in [5.41, 5.74) is 0.651. The van der Waals surface area contributed by atoms with Gasteiger partial charge in [-0.3, -0.25) is 4.79 Å². The van der Waals surface area contributed by atoms with Crippen molar-refractivity contribution in [2.45, 2.75) is 68.8 Å². The number of aliphatic hydroxyl groups is 1. The molecule has 1 aromatic heterocycles. The van der Waals surface area contributed by atoms with Gasteiger partial charge < -0.3 is 14.7 Å². The van der Waals surface area contributed by atoms with Gasteiger partial charge in [0, 0.05) is 19.4 Å². The van der Waals surface area contributed by atoms with Crippen LogP contribution < -0.4 is 0 Å². The second-order valence-electron chi connectivity index (χ2n) is 8.97. The van der Waals surface area contributed by atoms with Crippen molar-refractivity contribution in [2.24, 2.45) is 0 Å². The lowest BCUT2D eigenvalue weighted by atomic mass is 9.74. The summed E-state index contributed by atoms with van der Waals surface area (Å²) in [5, 5.41) is 11.4. The average molecular weight is 396 g/mol. The quantitative estimate of drug-likeness (QED) is 0.864. The summed E-state index contributed by atoms with van der Waals surface area (Å²) in [6.07, 6.45) is 6.75.